The van der Waals surface area contributed by atoms with Crippen molar-refractivity contribution < 1.29 is 4.74 Å². The van der Waals surface area contributed by atoms with Gasteiger partial charge >= 0.3 is 0 Å². The lowest BCUT2D eigenvalue weighted by molar-refractivity contribution is 0.0390. The van der Waals surface area contributed by atoms with Gasteiger partial charge < -0.3 is 4.74 Å². The van der Waals surface area contributed by atoms with Crippen molar-refractivity contribution in [1.29, 1.82) is 0 Å². The number of rotatable bonds is 3. The minimum atomic E-state index is 0.188. The lowest BCUT2D eigenvalue weighted by Gasteiger charge is -2.30. The smallest absolute Gasteiger partial charge is 0.0513 e. The minimum Gasteiger partial charge on any atom is -0.381 e. The average Bonchev–Trinajstić information content (AvgIpc) is 2.34. The third-order valence-corrected chi connectivity index (χ3v) is 3.60. The molecule has 0 radical (unpaired) electrons. The van der Waals surface area contributed by atoms with Gasteiger partial charge in [0, 0.05) is 17.0 Å². The van der Waals surface area contributed by atoms with Crippen LogP contribution in [0.5, 0.6) is 0 Å². The monoisotopic (exact) mass is 284 g/mol. The molecule has 0 amide bonds. The number of hydrazine groups is 1. The van der Waals surface area contributed by atoms with Gasteiger partial charge in [0.05, 0.1) is 12.6 Å². The van der Waals surface area contributed by atoms with Gasteiger partial charge in [-0.2, -0.15) is 0 Å². The summed E-state index contributed by atoms with van der Waals surface area (Å²) in [5, 5.41) is 0. The van der Waals surface area contributed by atoms with E-state index in [-0.39, 0.29) is 6.04 Å². The number of nitrogens with one attached hydrogen (secondary N) is 1. The first-order valence-corrected chi connectivity index (χ1v) is 6.40. The third-order valence-electron chi connectivity index (χ3n) is 3.08. The van der Waals surface area contributed by atoms with Crippen molar-refractivity contribution in [3.8, 4) is 0 Å². The Morgan fingerprint density at radius 2 is 2.12 bits per heavy atom. The van der Waals surface area contributed by atoms with E-state index in [0.29, 0.717) is 5.92 Å². The summed E-state index contributed by atoms with van der Waals surface area (Å²) in [7, 11) is 0. The van der Waals surface area contributed by atoms with E-state index in [2.05, 4.69) is 33.5 Å². The predicted molar refractivity (Wildman–Crippen MR) is 67.7 cm³/mol. The number of ether oxygens (including phenoxy) is 1. The molecular formula is C12H17BrN2O. The molecule has 3 N–H and O–H groups in total. The SMILES string of the molecule is NNC(c1ccc(Br)cc1)C1CCCOC1. The van der Waals surface area contributed by atoms with Crippen LogP contribution in [0.25, 0.3) is 0 Å². The van der Waals surface area contributed by atoms with Crippen LogP contribution in [0.2, 0.25) is 0 Å². The lowest BCUT2D eigenvalue weighted by Crippen LogP contribution is -2.37. The molecule has 1 aliphatic rings. The summed E-state index contributed by atoms with van der Waals surface area (Å²) in [6, 6.07) is 8.48. The number of hydrogen-bond donors (Lipinski definition) is 2. The fourth-order valence-corrected chi connectivity index (χ4v) is 2.47. The summed E-state index contributed by atoms with van der Waals surface area (Å²) in [5.41, 5.74) is 4.14. The lowest BCUT2D eigenvalue weighted by atomic mass is 9.89. The number of hydrogen-bond acceptors (Lipinski definition) is 3. The van der Waals surface area contributed by atoms with E-state index in [4.69, 9.17) is 10.6 Å². The second-order valence-corrected chi connectivity index (χ2v) is 5.09. The highest BCUT2D eigenvalue weighted by Crippen LogP contribution is 2.28. The third kappa shape index (κ3) is 2.83. The first kappa shape index (κ1) is 12.0. The highest BCUT2D eigenvalue weighted by atomic mass is 79.9. The fourth-order valence-electron chi connectivity index (χ4n) is 2.20. The van der Waals surface area contributed by atoms with Crippen LogP contribution in [0.15, 0.2) is 28.7 Å². The van der Waals surface area contributed by atoms with Crippen LogP contribution >= 0.6 is 15.9 Å². The Kier molecular flexibility index (Phi) is 4.35. The molecule has 88 valence electrons. The van der Waals surface area contributed by atoms with E-state index in [0.717, 1.165) is 24.1 Å². The van der Waals surface area contributed by atoms with E-state index in [1.807, 2.05) is 12.1 Å². The maximum Gasteiger partial charge on any atom is 0.0513 e. The van der Waals surface area contributed by atoms with Crippen molar-refractivity contribution in [3.05, 3.63) is 34.3 Å². The van der Waals surface area contributed by atoms with E-state index < -0.39 is 0 Å². The highest BCUT2D eigenvalue weighted by Gasteiger charge is 2.24. The molecule has 4 heteroatoms. The second kappa shape index (κ2) is 5.77. The van der Waals surface area contributed by atoms with Gasteiger partial charge in [0.15, 0.2) is 0 Å². The highest BCUT2D eigenvalue weighted by molar-refractivity contribution is 9.10. The molecule has 3 nitrogen and oxygen atoms in total. The van der Waals surface area contributed by atoms with Crippen LogP contribution in [0.1, 0.15) is 24.4 Å². The summed E-state index contributed by atoms with van der Waals surface area (Å²) in [4.78, 5) is 0. The Hall–Kier alpha value is -0.420. The fraction of sp³-hybridized carbons (Fsp3) is 0.500. The van der Waals surface area contributed by atoms with Crippen molar-refractivity contribution in [2.24, 2.45) is 11.8 Å². The Bertz CT molecular complexity index is 322. The van der Waals surface area contributed by atoms with Crippen LogP contribution < -0.4 is 11.3 Å². The van der Waals surface area contributed by atoms with Gasteiger partial charge in [-0.3, -0.25) is 11.3 Å². The second-order valence-electron chi connectivity index (χ2n) is 4.17. The Morgan fingerprint density at radius 1 is 1.38 bits per heavy atom. The molecule has 0 spiro atoms. The zero-order valence-corrected chi connectivity index (χ0v) is 10.7. The molecule has 0 bridgehead atoms. The molecule has 16 heavy (non-hydrogen) atoms. The van der Waals surface area contributed by atoms with E-state index in [1.54, 1.807) is 0 Å². The van der Waals surface area contributed by atoms with Crippen molar-refractivity contribution in [1.82, 2.24) is 5.43 Å². The zero-order valence-electron chi connectivity index (χ0n) is 9.16. The van der Waals surface area contributed by atoms with Crippen molar-refractivity contribution in [3.63, 3.8) is 0 Å². The van der Waals surface area contributed by atoms with Crippen LogP contribution in [-0.4, -0.2) is 13.2 Å². The molecule has 2 unspecified atom stereocenters. The molecule has 0 aliphatic carbocycles. The molecule has 1 aromatic rings. The molecule has 1 aliphatic heterocycles. The molecule has 0 aromatic heterocycles. The number of benzene rings is 1. The van der Waals surface area contributed by atoms with Crippen molar-refractivity contribution >= 4 is 15.9 Å². The average molecular weight is 285 g/mol. The van der Waals surface area contributed by atoms with Gasteiger partial charge in [-0.05, 0) is 30.5 Å². The molecule has 1 aromatic carbocycles. The van der Waals surface area contributed by atoms with Crippen LogP contribution in [0, 0.1) is 5.92 Å². The molecule has 1 heterocycles. The summed E-state index contributed by atoms with van der Waals surface area (Å²) < 4.78 is 6.60. The summed E-state index contributed by atoms with van der Waals surface area (Å²) in [6.07, 6.45) is 2.30. The van der Waals surface area contributed by atoms with Crippen LogP contribution in [-0.2, 0) is 4.74 Å². The van der Waals surface area contributed by atoms with E-state index in [9.17, 15) is 0 Å². The molecule has 2 atom stereocenters. The van der Waals surface area contributed by atoms with Gasteiger partial charge in [0.1, 0.15) is 0 Å². The summed E-state index contributed by atoms with van der Waals surface area (Å²) in [6.45, 7) is 1.68. The van der Waals surface area contributed by atoms with Crippen molar-refractivity contribution in [2.75, 3.05) is 13.2 Å². The van der Waals surface area contributed by atoms with Gasteiger partial charge in [-0.1, -0.05) is 28.1 Å². The topological polar surface area (TPSA) is 47.3 Å². The van der Waals surface area contributed by atoms with Gasteiger partial charge in [-0.25, -0.2) is 0 Å². The van der Waals surface area contributed by atoms with Crippen LogP contribution in [0.3, 0.4) is 0 Å². The normalized spacial score (nSPS) is 23.0. The zero-order chi connectivity index (χ0) is 11.4. The quantitative estimate of drug-likeness (QED) is 0.662. The minimum absolute atomic E-state index is 0.188. The Morgan fingerprint density at radius 3 is 2.69 bits per heavy atom. The first-order chi connectivity index (χ1) is 7.81. The van der Waals surface area contributed by atoms with Gasteiger partial charge in [-0.15, -0.1) is 0 Å². The Labute approximate surface area is 104 Å². The standard InChI is InChI=1S/C12H17BrN2O/c13-11-5-3-9(4-6-11)12(15-14)10-2-1-7-16-8-10/h3-6,10,12,15H,1-2,7-8,14H2. The molecule has 1 saturated heterocycles. The predicted octanol–water partition coefficient (Wildman–Crippen LogP) is 2.38. The largest absolute Gasteiger partial charge is 0.381 e. The molecule has 0 saturated carbocycles. The maximum absolute atomic E-state index is 5.66. The first-order valence-electron chi connectivity index (χ1n) is 5.60. The molecule has 2 rings (SSSR count). The van der Waals surface area contributed by atoms with Gasteiger partial charge in [0.2, 0.25) is 0 Å². The number of halogens is 1. The summed E-state index contributed by atoms with van der Waals surface area (Å²) >= 11 is 3.44. The maximum atomic E-state index is 5.66. The van der Waals surface area contributed by atoms with Gasteiger partial charge in [0.25, 0.3) is 0 Å². The Balaban J connectivity index is 2.11. The van der Waals surface area contributed by atoms with Crippen molar-refractivity contribution in [2.45, 2.75) is 18.9 Å². The van der Waals surface area contributed by atoms with E-state index >= 15 is 0 Å². The van der Waals surface area contributed by atoms with E-state index in [1.165, 1.54) is 12.0 Å². The molecule has 1 fully saturated rings. The summed E-state index contributed by atoms with van der Waals surface area (Å²) in [5.74, 6) is 6.13. The van der Waals surface area contributed by atoms with Crippen LogP contribution in [0.4, 0.5) is 0 Å². The molecular weight excluding hydrogens is 268 g/mol. The number of nitrogens with two attached hydrogens (primary N) is 1.